The quantitative estimate of drug-likeness (QED) is 0.538. The van der Waals surface area contributed by atoms with E-state index in [4.69, 9.17) is 4.74 Å². The number of halogens is 1. The molecule has 4 nitrogen and oxygen atoms in total. The van der Waals surface area contributed by atoms with Gasteiger partial charge in [0.2, 0.25) is 0 Å². The molecule has 0 saturated carbocycles. The highest BCUT2D eigenvalue weighted by molar-refractivity contribution is 9.10. The number of benzene rings is 2. The van der Waals surface area contributed by atoms with E-state index in [2.05, 4.69) is 33.4 Å². The SMILES string of the molecule is CCOC(=O)c1ccc2c(c1)C1C=CCC1C(c1cc(Br)ccc1O)N2. The molecule has 0 saturated heterocycles. The molecule has 0 spiro atoms. The largest absolute Gasteiger partial charge is 0.508 e. The number of hydrogen-bond acceptors (Lipinski definition) is 4. The number of anilines is 1. The molecule has 0 bridgehead atoms. The Morgan fingerprint density at radius 2 is 2.12 bits per heavy atom. The smallest absolute Gasteiger partial charge is 0.338 e. The highest BCUT2D eigenvalue weighted by atomic mass is 79.9. The minimum atomic E-state index is -0.291. The Morgan fingerprint density at radius 3 is 2.92 bits per heavy atom. The summed E-state index contributed by atoms with van der Waals surface area (Å²) >= 11 is 3.50. The second-order valence-corrected chi connectivity index (χ2v) is 7.62. The van der Waals surface area contributed by atoms with Crippen LogP contribution in [0.2, 0.25) is 0 Å². The molecule has 1 aliphatic heterocycles. The average Bonchev–Trinajstić information content (AvgIpc) is 3.13. The van der Waals surface area contributed by atoms with Gasteiger partial charge in [-0.05, 0) is 61.2 Å². The van der Waals surface area contributed by atoms with Gasteiger partial charge in [0.05, 0.1) is 18.2 Å². The van der Waals surface area contributed by atoms with Gasteiger partial charge in [-0.1, -0.05) is 28.1 Å². The third-order valence-electron chi connectivity index (χ3n) is 5.20. The van der Waals surface area contributed by atoms with Crippen molar-refractivity contribution >= 4 is 27.6 Å². The van der Waals surface area contributed by atoms with E-state index in [1.54, 1.807) is 12.1 Å². The van der Waals surface area contributed by atoms with Crippen LogP contribution < -0.4 is 5.32 Å². The molecule has 0 amide bonds. The van der Waals surface area contributed by atoms with Crippen molar-refractivity contribution in [2.24, 2.45) is 5.92 Å². The van der Waals surface area contributed by atoms with Gasteiger partial charge in [-0.25, -0.2) is 4.79 Å². The normalized spacial score (nSPS) is 23.1. The van der Waals surface area contributed by atoms with Gasteiger partial charge in [-0.3, -0.25) is 0 Å². The van der Waals surface area contributed by atoms with Crippen LogP contribution in [0.1, 0.15) is 46.8 Å². The molecule has 3 atom stereocenters. The van der Waals surface area contributed by atoms with Crippen LogP contribution in [0.3, 0.4) is 0 Å². The number of fused-ring (bicyclic) bond motifs is 3. The lowest BCUT2D eigenvalue weighted by Crippen LogP contribution is -2.29. The fourth-order valence-corrected chi connectivity index (χ4v) is 4.40. The minimum absolute atomic E-state index is 0.00782. The lowest BCUT2D eigenvalue weighted by atomic mass is 9.76. The van der Waals surface area contributed by atoms with Gasteiger partial charge in [-0.2, -0.15) is 0 Å². The maximum absolute atomic E-state index is 12.1. The standard InChI is InChI=1S/C21H20BrNO3/c1-2-26-21(25)12-6-8-18-16(10-12)14-4-3-5-15(14)20(23-18)17-11-13(22)7-9-19(17)24/h3-4,6-11,14-15,20,23-24H,2,5H2,1H3. The lowest BCUT2D eigenvalue weighted by molar-refractivity contribution is 0.0526. The number of esters is 1. The predicted octanol–water partition coefficient (Wildman–Crippen LogP) is 5.16. The summed E-state index contributed by atoms with van der Waals surface area (Å²) in [4.78, 5) is 12.1. The zero-order valence-electron chi connectivity index (χ0n) is 14.4. The van der Waals surface area contributed by atoms with E-state index in [0.717, 1.165) is 27.7 Å². The molecule has 2 aromatic carbocycles. The number of aromatic hydroxyl groups is 1. The first-order chi connectivity index (χ1) is 12.6. The summed E-state index contributed by atoms with van der Waals surface area (Å²) in [5, 5.41) is 14.0. The van der Waals surface area contributed by atoms with Gasteiger partial charge in [0.15, 0.2) is 0 Å². The maximum Gasteiger partial charge on any atom is 0.338 e. The van der Waals surface area contributed by atoms with E-state index < -0.39 is 0 Å². The summed E-state index contributed by atoms with van der Waals surface area (Å²) in [6.45, 7) is 2.17. The minimum Gasteiger partial charge on any atom is -0.508 e. The number of phenols is 1. The summed E-state index contributed by atoms with van der Waals surface area (Å²) in [6, 6.07) is 11.2. The summed E-state index contributed by atoms with van der Waals surface area (Å²) in [7, 11) is 0. The van der Waals surface area contributed by atoms with Crippen molar-refractivity contribution in [2.45, 2.75) is 25.3 Å². The number of carbonyl (C=O) groups is 1. The van der Waals surface area contributed by atoms with Crippen LogP contribution in [0.25, 0.3) is 0 Å². The number of nitrogens with one attached hydrogen (secondary N) is 1. The molecule has 2 aliphatic rings. The Balaban J connectivity index is 1.75. The van der Waals surface area contributed by atoms with Gasteiger partial charge >= 0.3 is 5.97 Å². The van der Waals surface area contributed by atoms with Crippen molar-refractivity contribution in [1.29, 1.82) is 0 Å². The highest BCUT2D eigenvalue weighted by Crippen LogP contribution is 2.51. The molecule has 2 aromatic rings. The Bertz CT molecular complexity index is 893. The van der Waals surface area contributed by atoms with Crippen molar-refractivity contribution in [3.05, 3.63) is 69.7 Å². The van der Waals surface area contributed by atoms with E-state index >= 15 is 0 Å². The second kappa shape index (κ2) is 6.80. The Hall–Kier alpha value is -2.27. The molecule has 0 aromatic heterocycles. The van der Waals surface area contributed by atoms with E-state index in [0.29, 0.717) is 23.8 Å². The number of ether oxygens (including phenoxy) is 1. The number of allylic oxidation sites excluding steroid dienone is 2. The molecule has 4 rings (SSSR count). The van der Waals surface area contributed by atoms with Gasteiger partial charge in [0, 0.05) is 21.6 Å². The van der Waals surface area contributed by atoms with Crippen LogP contribution in [0.4, 0.5) is 5.69 Å². The number of hydrogen-bond donors (Lipinski definition) is 2. The summed E-state index contributed by atoms with van der Waals surface area (Å²) < 4.78 is 6.08. The fraction of sp³-hybridized carbons (Fsp3) is 0.286. The van der Waals surface area contributed by atoms with Gasteiger partial charge in [0.25, 0.3) is 0 Å². The summed E-state index contributed by atoms with van der Waals surface area (Å²) in [6.07, 6.45) is 5.32. The molecule has 3 unspecified atom stereocenters. The van der Waals surface area contributed by atoms with Gasteiger partial charge in [0.1, 0.15) is 5.75 Å². The number of carbonyl (C=O) groups excluding carboxylic acids is 1. The van der Waals surface area contributed by atoms with Crippen LogP contribution in [0.15, 0.2) is 53.0 Å². The first kappa shape index (κ1) is 17.2. The third-order valence-corrected chi connectivity index (χ3v) is 5.69. The molecule has 26 heavy (non-hydrogen) atoms. The van der Waals surface area contributed by atoms with Crippen LogP contribution in [0.5, 0.6) is 5.75 Å². The van der Waals surface area contributed by atoms with Crippen molar-refractivity contribution < 1.29 is 14.6 Å². The molecule has 1 heterocycles. The second-order valence-electron chi connectivity index (χ2n) is 6.70. The highest BCUT2D eigenvalue weighted by Gasteiger charge is 2.39. The third kappa shape index (κ3) is 2.90. The lowest BCUT2D eigenvalue weighted by Gasteiger charge is -2.38. The zero-order chi connectivity index (χ0) is 18.3. The molecule has 2 N–H and O–H groups in total. The summed E-state index contributed by atoms with van der Waals surface area (Å²) in [5.74, 6) is 0.507. The topological polar surface area (TPSA) is 58.6 Å². The molecule has 1 aliphatic carbocycles. The van der Waals surface area contributed by atoms with Crippen LogP contribution in [-0.4, -0.2) is 17.7 Å². The van der Waals surface area contributed by atoms with E-state index in [1.807, 2.05) is 31.2 Å². The molecule has 5 heteroatoms. The van der Waals surface area contributed by atoms with E-state index in [-0.39, 0.29) is 17.9 Å². The molecule has 134 valence electrons. The van der Waals surface area contributed by atoms with Gasteiger partial charge < -0.3 is 15.2 Å². The van der Waals surface area contributed by atoms with Crippen LogP contribution >= 0.6 is 15.9 Å². The van der Waals surface area contributed by atoms with Gasteiger partial charge in [-0.15, -0.1) is 0 Å². The predicted molar refractivity (Wildman–Crippen MR) is 105 cm³/mol. The summed E-state index contributed by atoms with van der Waals surface area (Å²) in [5.41, 5.74) is 3.57. The first-order valence-electron chi connectivity index (χ1n) is 8.81. The number of rotatable bonds is 3. The van der Waals surface area contributed by atoms with Crippen LogP contribution in [-0.2, 0) is 4.74 Å². The number of phenolic OH excluding ortho intramolecular Hbond substituents is 1. The van der Waals surface area contributed by atoms with Crippen molar-refractivity contribution in [3.8, 4) is 5.75 Å². The van der Waals surface area contributed by atoms with Crippen LogP contribution in [0, 0.1) is 5.92 Å². The van der Waals surface area contributed by atoms with E-state index in [1.165, 1.54) is 0 Å². The van der Waals surface area contributed by atoms with Crippen molar-refractivity contribution in [1.82, 2.24) is 0 Å². The fourth-order valence-electron chi connectivity index (χ4n) is 4.02. The average molecular weight is 414 g/mol. The molecular weight excluding hydrogens is 394 g/mol. The van der Waals surface area contributed by atoms with Crippen molar-refractivity contribution in [2.75, 3.05) is 11.9 Å². The first-order valence-corrected chi connectivity index (χ1v) is 9.60. The Morgan fingerprint density at radius 1 is 1.27 bits per heavy atom. The maximum atomic E-state index is 12.1. The van der Waals surface area contributed by atoms with E-state index in [9.17, 15) is 9.90 Å². The van der Waals surface area contributed by atoms with Crippen molar-refractivity contribution in [3.63, 3.8) is 0 Å². The molecular formula is C21H20BrNO3. The Kier molecular flexibility index (Phi) is 4.49. The Labute approximate surface area is 161 Å². The molecule has 0 radical (unpaired) electrons. The monoisotopic (exact) mass is 413 g/mol. The zero-order valence-corrected chi connectivity index (χ0v) is 16.0. The molecule has 0 fully saturated rings.